The smallest absolute Gasteiger partial charge is 0.251 e. The predicted molar refractivity (Wildman–Crippen MR) is 120 cm³/mol. The minimum Gasteiger partial charge on any atom is -0.508 e. The van der Waals surface area contributed by atoms with Crippen molar-refractivity contribution >= 4 is 5.91 Å². The van der Waals surface area contributed by atoms with Crippen molar-refractivity contribution in [2.75, 3.05) is 19.6 Å². The molecule has 1 heterocycles. The molecular formula is C26H32N2O3. The number of piperidine rings is 1. The molecule has 2 aromatic rings. The first-order chi connectivity index (χ1) is 15.0. The van der Waals surface area contributed by atoms with E-state index >= 15 is 0 Å². The topological polar surface area (TPSA) is 72.8 Å². The van der Waals surface area contributed by atoms with E-state index in [1.807, 2.05) is 48.5 Å². The van der Waals surface area contributed by atoms with Crippen LogP contribution in [0.25, 0.3) is 0 Å². The summed E-state index contributed by atoms with van der Waals surface area (Å²) in [5.74, 6) is 0.955. The third-order valence-electron chi connectivity index (χ3n) is 7.72. The van der Waals surface area contributed by atoms with Crippen LogP contribution in [0.2, 0.25) is 0 Å². The first kappa shape index (κ1) is 20.5. The summed E-state index contributed by atoms with van der Waals surface area (Å²) in [4.78, 5) is 15.2. The average molecular weight is 421 g/mol. The van der Waals surface area contributed by atoms with Crippen LogP contribution >= 0.6 is 0 Å². The molecule has 3 N–H and O–H groups in total. The Labute approximate surface area is 184 Å². The molecule has 2 aromatic carbocycles. The fraction of sp³-hybridized carbons (Fsp3) is 0.500. The van der Waals surface area contributed by atoms with Crippen molar-refractivity contribution in [1.82, 2.24) is 10.2 Å². The molecule has 5 rings (SSSR count). The summed E-state index contributed by atoms with van der Waals surface area (Å²) < 4.78 is 0. The number of rotatable bonds is 5. The first-order valence-corrected chi connectivity index (χ1v) is 11.6. The maximum absolute atomic E-state index is 12.8. The lowest BCUT2D eigenvalue weighted by Gasteiger charge is -2.58. The number of carbonyl (C=O) groups is 1. The maximum Gasteiger partial charge on any atom is 0.251 e. The molecule has 5 heteroatoms. The lowest BCUT2D eigenvalue weighted by Crippen LogP contribution is -2.67. The maximum atomic E-state index is 12.8. The van der Waals surface area contributed by atoms with E-state index in [1.54, 1.807) is 6.07 Å². The zero-order valence-electron chi connectivity index (χ0n) is 18.0. The number of nitrogens with one attached hydrogen (secondary N) is 1. The second-order valence-corrected chi connectivity index (χ2v) is 9.87. The van der Waals surface area contributed by atoms with Gasteiger partial charge in [-0.15, -0.1) is 0 Å². The fourth-order valence-electron chi connectivity index (χ4n) is 5.87. The summed E-state index contributed by atoms with van der Waals surface area (Å²) >= 11 is 0. The fourth-order valence-corrected chi connectivity index (χ4v) is 5.87. The van der Waals surface area contributed by atoms with E-state index in [0.29, 0.717) is 24.9 Å². The SMILES string of the molecule is O=C(N[C@H]1CC[C@]2(O)CN(CC3CC3)CC[C@@]2(c2cccc(O)c2)C1)c1ccccc1. The van der Waals surface area contributed by atoms with Crippen LogP contribution in [0, 0.1) is 5.92 Å². The Kier molecular flexibility index (Phi) is 5.27. The number of phenolic OH excluding ortho intramolecular Hbond substituents is 1. The van der Waals surface area contributed by atoms with Gasteiger partial charge in [0.2, 0.25) is 0 Å². The number of amides is 1. The molecule has 1 amide bonds. The number of phenols is 1. The van der Waals surface area contributed by atoms with Crippen LogP contribution in [-0.4, -0.2) is 52.3 Å². The highest BCUT2D eigenvalue weighted by molar-refractivity contribution is 5.94. The predicted octanol–water partition coefficient (Wildman–Crippen LogP) is 3.46. The molecule has 3 aliphatic rings. The minimum atomic E-state index is -0.859. The minimum absolute atomic E-state index is 0.00897. The number of aliphatic hydroxyl groups is 1. The summed E-state index contributed by atoms with van der Waals surface area (Å²) in [6.45, 7) is 2.68. The summed E-state index contributed by atoms with van der Waals surface area (Å²) in [6, 6.07) is 16.7. The number of hydrogen-bond donors (Lipinski definition) is 3. The molecule has 5 nitrogen and oxygen atoms in total. The van der Waals surface area contributed by atoms with Crippen LogP contribution < -0.4 is 5.32 Å². The molecule has 2 aliphatic carbocycles. The summed E-state index contributed by atoms with van der Waals surface area (Å²) in [5.41, 5.74) is 0.314. The lowest BCUT2D eigenvalue weighted by molar-refractivity contribution is -0.126. The molecule has 0 radical (unpaired) electrons. The number of nitrogens with zero attached hydrogens (tertiary/aromatic N) is 1. The molecule has 3 atom stereocenters. The highest BCUT2D eigenvalue weighted by atomic mass is 16.3. The Morgan fingerprint density at radius 2 is 1.87 bits per heavy atom. The zero-order valence-corrected chi connectivity index (χ0v) is 18.0. The molecule has 0 bridgehead atoms. The van der Waals surface area contributed by atoms with E-state index in [9.17, 15) is 15.0 Å². The number of benzene rings is 2. The molecular weight excluding hydrogens is 388 g/mol. The van der Waals surface area contributed by atoms with Crippen molar-refractivity contribution in [3.8, 4) is 5.75 Å². The van der Waals surface area contributed by atoms with Crippen molar-refractivity contribution in [2.45, 2.75) is 55.6 Å². The molecule has 2 saturated carbocycles. The zero-order chi connectivity index (χ0) is 21.5. The van der Waals surface area contributed by atoms with E-state index < -0.39 is 11.0 Å². The summed E-state index contributed by atoms with van der Waals surface area (Å²) in [7, 11) is 0. The van der Waals surface area contributed by atoms with Gasteiger partial charge in [0.25, 0.3) is 5.91 Å². The van der Waals surface area contributed by atoms with Gasteiger partial charge in [-0.2, -0.15) is 0 Å². The number of hydrogen-bond acceptors (Lipinski definition) is 4. The molecule has 31 heavy (non-hydrogen) atoms. The van der Waals surface area contributed by atoms with Crippen LogP contribution in [-0.2, 0) is 5.41 Å². The van der Waals surface area contributed by atoms with Gasteiger partial charge < -0.3 is 20.4 Å². The summed E-state index contributed by atoms with van der Waals surface area (Å²) in [5, 5.41) is 25.4. The molecule has 0 spiro atoms. The van der Waals surface area contributed by atoms with Gasteiger partial charge in [0.1, 0.15) is 5.75 Å². The van der Waals surface area contributed by atoms with Gasteiger partial charge >= 0.3 is 0 Å². The number of fused-ring (bicyclic) bond motifs is 1. The Balaban J connectivity index is 1.42. The van der Waals surface area contributed by atoms with Crippen LogP contribution in [0.5, 0.6) is 5.75 Å². The first-order valence-electron chi connectivity index (χ1n) is 11.6. The van der Waals surface area contributed by atoms with E-state index in [0.717, 1.165) is 37.4 Å². The van der Waals surface area contributed by atoms with Gasteiger partial charge in [-0.05, 0) is 80.8 Å². The summed E-state index contributed by atoms with van der Waals surface area (Å²) in [6.07, 6.45) is 5.52. The van der Waals surface area contributed by atoms with Crippen LogP contribution in [0.15, 0.2) is 54.6 Å². The van der Waals surface area contributed by atoms with Crippen molar-refractivity contribution < 1.29 is 15.0 Å². The molecule has 0 unspecified atom stereocenters. The molecule has 0 aromatic heterocycles. The molecule has 164 valence electrons. The van der Waals surface area contributed by atoms with Crippen LogP contribution in [0.3, 0.4) is 0 Å². The Bertz CT molecular complexity index is 945. The third kappa shape index (κ3) is 3.97. The average Bonchev–Trinajstić information content (AvgIpc) is 3.58. The Morgan fingerprint density at radius 3 is 2.61 bits per heavy atom. The van der Waals surface area contributed by atoms with Crippen molar-refractivity contribution in [2.24, 2.45) is 5.92 Å². The second kappa shape index (κ2) is 7.95. The number of β-amino-alcohol motifs (C(OH)–C–C–N with tert-alkyl or cyclic N) is 1. The van der Waals surface area contributed by atoms with Crippen LogP contribution in [0.4, 0.5) is 0 Å². The van der Waals surface area contributed by atoms with Crippen LogP contribution in [0.1, 0.15) is 54.4 Å². The van der Waals surface area contributed by atoms with Crippen molar-refractivity contribution in [3.63, 3.8) is 0 Å². The van der Waals surface area contributed by atoms with E-state index in [1.165, 1.54) is 12.8 Å². The molecule has 1 saturated heterocycles. The number of aromatic hydroxyl groups is 1. The molecule has 1 aliphatic heterocycles. The second-order valence-electron chi connectivity index (χ2n) is 9.87. The monoisotopic (exact) mass is 420 g/mol. The number of likely N-dealkylation sites (tertiary alicyclic amines) is 1. The quantitative estimate of drug-likeness (QED) is 0.693. The van der Waals surface area contributed by atoms with Crippen molar-refractivity contribution in [3.05, 3.63) is 65.7 Å². The normalized spacial score (nSPS) is 31.1. The van der Waals surface area contributed by atoms with E-state index in [4.69, 9.17) is 0 Å². The highest BCUT2D eigenvalue weighted by Gasteiger charge is 2.57. The standard InChI is InChI=1S/C26H32N2O3/c29-23-8-4-7-21(15-23)25-13-14-28(17-19-9-10-19)18-26(25,31)12-11-22(16-25)27-24(30)20-5-2-1-3-6-20/h1-8,15,19,22,29,31H,9-14,16-18H2,(H,27,30)/t22-,25-,26-/m0/s1. The Hall–Kier alpha value is -2.37. The third-order valence-corrected chi connectivity index (χ3v) is 7.72. The van der Waals surface area contributed by atoms with Gasteiger partial charge in [-0.1, -0.05) is 30.3 Å². The van der Waals surface area contributed by atoms with Crippen molar-refractivity contribution in [1.29, 1.82) is 0 Å². The lowest BCUT2D eigenvalue weighted by atomic mass is 9.55. The Morgan fingerprint density at radius 1 is 1.06 bits per heavy atom. The van der Waals surface area contributed by atoms with Gasteiger partial charge in [-0.25, -0.2) is 0 Å². The van der Waals surface area contributed by atoms with E-state index in [-0.39, 0.29) is 17.7 Å². The number of carbonyl (C=O) groups excluding carboxylic acids is 1. The van der Waals surface area contributed by atoms with Gasteiger partial charge in [0.05, 0.1) is 5.60 Å². The van der Waals surface area contributed by atoms with E-state index in [2.05, 4.69) is 10.2 Å². The highest BCUT2D eigenvalue weighted by Crippen LogP contribution is 2.52. The molecule has 3 fully saturated rings. The largest absolute Gasteiger partial charge is 0.508 e. The van der Waals surface area contributed by atoms with Gasteiger partial charge in [0.15, 0.2) is 0 Å². The van der Waals surface area contributed by atoms with Gasteiger partial charge in [-0.3, -0.25) is 4.79 Å². The van der Waals surface area contributed by atoms with Gasteiger partial charge in [0, 0.05) is 30.1 Å².